The molecule has 2 aromatic carbocycles. The lowest BCUT2D eigenvalue weighted by atomic mass is 9.90. The Morgan fingerprint density at radius 3 is 1.62 bits per heavy atom. The van der Waals surface area contributed by atoms with Gasteiger partial charge in [-0.05, 0) is 46.4 Å². The Hall–Kier alpha value is -2.51. The third-order valence-corrected chi connectivity index (χ3v) is 6.63. The minimum Gasteiger partial charge on any atom is -0.373 e. The number of halogens is 6. The molecule has 0 amide bonds. The largest absolute Gasteiger partial charge is 0.429 e. The molecule has 0 bridgehead atoms. The summed E-state index contributed by atoms with van der Waals surface area (Å²) in [5.41, 5.74) is 1.26. The van der Waals surface area contributed by atoms with Crippen molar-refractivity contribution in [2.24, 2.45) is 10.9 Å². The lowest BCUT2D eigenvalue weighted by Crippen LogP contribution is -2.48. The Kier molecular flexibility index (Phi) is 9.88. The van der Waals surface area contributed by atoms with Crippen LogP contribution in [0.3, 0.4) is 0 Å². The SMILES string of the molecule is CCc1cccc(C(C)C)c1NC(C(C)C(=Nc1c(C(C)C)cccc1C(C)C)C(F)(F)F)C(F)(F)F. The number of para-hydroxylation sites is 2. The molecule has 0 aliphatic carbocycles. The molecule has 0 heterocycles. The predicted molar refractivity (Wildman–Crippen MR) is 140 cm³/mol. The summed E-state index contributed by atoms with van der Waals surface area (Å²) in [5, 5.41) is 2.50. The van der Waals surface area contributed by atoms with Gasteiger partial charge in [-0.2, -0.15) is 26.3 Å². The van der Waals surface area contributed by atoms with Gasteiger partial charge in [-0.1, -0.05) is 91.8 Å². The summed E-state index contributed by atoms with van der Waals surface area (Å²) in [6.45, 7) is 13.7. The van der Waals surface area contributed by atoms with Crippen LogP contribution in [0.2, 0.25) is 0 Å². The summed E-state index contributed by atoms with van der Waals surface area (Å²) in [4.78, 5) is 4.00. The van der Waals surface area contributed by atoms with Crippen LogP contribution in [-0.4, -0.2) is 24.1 Å². The zero-order chi connectivity index (χ0) is 28.3. The Morgan fingerprint density at radius 2 is 1.22 bits per heavy atom. The van der Waals surface area contributed by atoms with Gasteiger partial charge in [-0.3, -0.25) is 0 Å². The topological polar surface area (TPSA) is 24.4 Å². The van der Waals surface area contributed by atoms with Gasteiger partial charge in [0, 0.05) is 11.6 Å². The number of rotatable bonds is 9. The molecule has 0 spiro atoms. The molecule has 0 radical (unpaired) electrons. The van der Waals surface area contributed by atoms with Crippen molar-refractivity contribution in [3.63, 3.8) is 0 Å². The number of alkyl halides is 6. The molecule has 2 unspecified atom stereocenters. The van der Waals surface area contributed by atoms with Crippen LogP contribution in [0, 0.1) is 5.92 Å². The molecular formula is C29H38F6N2. The summed E-state index contributed by atoms with van der Waals surface area (Å²) in [5.74, 6) is -2.46. The average molecular weight is 529 g/mol. The van der Waals surface area contributed by atoms with Gasteiger partial charge in [0.15, 0.2) is 0 Å². The maximum atomic E-state index is 14.4. The van der Waals surface area contributed by atoms with E-state index < -0.39 is 30.0 Å². The second-order valence-electron chi connectivity index (χ2n) is 10.4. The number of nitrogens with zero attached hydrogens (tertiary/aromatic N) is 1. The number of aryl methyl sites for hydroxylation is 1. The highest BCUT2D eigenvalue weighted by atomic mass is 19.4. The normalized spacial score (nSPS) is 15.0. The van der Waals surface area contributed by atoms with Crippen LogP contribution in [-0.2, 0) is 6.42 Å². The zero-order valence-electron chi connectivity index (χ0n) is 22.8. The first-order chi connectivity index (χ1) is 17.0. The second kappa shape index (κ2) is 11.9. The van der Waals surface area contributed by atoms with Crippen LogP contribution in [0.4, 0.5) is 37.7 Å². The van der Waals surface area contributed by atoms with Gasteiger partial charge >= 0.3 is 12.4 Å². The van der Waals surface area contributed by atoms with Crippen LogP contribution in [0.5, 0.6) is 0 Å². The van der Waals surface area contributed by atoms with E-state index in [1.807, 2.05) is 41.5 Å². The second-order valence-corrected chi connectivity index (χ2v) is 10.4. The van der Waals surface area contributed by atoms with E-state index >= 15 is 0 Å². The van der Waals surface area contributed by atoms with Crippen molar-refractivity contribution >= 4 is 17.1 Å². The van der Waals surface area contributed by atoms with Crippen molar-refractivity contribution in [1.29, 1.82) is 0 Å². The minimum atomic E-state index is -5.06. The van der Waals surface area contributed by atoms with Gasteiger partial charge < -0.3 is 5.32 Å². The van der Waals surface area contributed by atoms with Crippen LogP contribution in [0.25, 0.3) is 0 Å². The lowest BCUT2D eigenvalue weighted by molar-refractivity contribution is -0.149. The molecule has 0 aliphatic rings. The van der Waals surface area contributed by atoms with E-state index in [2.05, 4.69) is 10.3 Å². The maximum Gasteiger partial charge on any atom is 0.429 e. The van der Waals surface area contributed by atoms with Gasteiger partial charge in [0.05, 0.1) is 5.69 Å². The molecule has 206 valence electrons. The van der Waals surface area contributed by atoms with E-state index in [-0.39, 0.29) is 29.1 Å². The number of anilines is 1. The molecule has 2 rings (SSSR count). The van der Waals surface area contributed by atoms with E-state index in [1.54, 1.807) is 43.3 Å². The fourth-order valence-electron chi connectivity index (χ4n) is 4.56. The van der Waals surface area contributed by atoms with E-state index in [0.29, 0.717) is 28.7 Å². The van der Waals surface area contributed by atoms with Crippen LogP contribution < -0.4 is 5.32 Å². The summed E-state index contributed by atoms with van der Waals surface area (Å²) >= 11 is 0. The fraction of sp³-hybridized carbons (Fsp3) is 0.552. The summed E-state index contributed by atoms with van der Waals surface area (Å²) in [6, 6.07) is 7.77. The van der Waals surface area contributed by atoms with Crippen LogP contribution in [0.1, 0.15) is 95.4 Å². The number of nitrogens with one attached hydrogen (secondary N) is 1. The molecule has 0 aromatic heterocycles. The molecule has 0 saturated heterocycles. The molecule has 2 atom stereocenters. The Balaban J connectivity index is 2.77. The number of hydrogen-bond donors (Lipinski definition) is 1. The first-order valence-corrected chi connectivity index (χ1v) is 12.7. The first-order valence-electron chi connectivity index (χ1n) is 12.7. The smallest absolute Gasteiger partial charge is 0.373 e. The third kappa shape index (κ3) is 7.29. The van der Waals surface area contributed by atoms with Gasteiger partial charge in [0.25, 0.3) is 0 Å². The zero-order valence-corrected chi connectivity index (χ0v) is 22.8. The van der Waals surface area contributed by atoms with Crippen molar-refractivity contribution < 1.29 is 26.3 Å². The highest BCUT2D eigenvalue weighted by Gasteiger charge is 2.51. The number of benzene rings is 2. The van der Waals surface area contributed by atoms with E-state index in [1.165, 1.54) is 0 Å². The maximum absolute atomic E-state index is 14.4. The molecule has 8 heteroatoms. The average Bonchev–Trinajstić information content (AvgIpc) is 2.78. The summed E-state index contributed by atoms with van der Waals surface area (Å²) in [7, 11) is 0. The monoisotopic (exact) mass is 528 g/mol. The predicted octanol–water partition coefficient (Wildman–Crippen LogP) is 9.93. The number of hydrogen-bond acceptors (Lipinski definition) is 2. The highest BCUT2D eigenvalue weighted by molar-refractivity contribution is 5.95. The minimum absolute atomic E-state index is 0.101. The molecular weight excluding hydrogens is 490 g/mol. The summed E-state index contributed by atoms with van der Waals surface area (Å²) in [6.07, 6.45) is -9.59. The highest BCUT2D eigenvalue weighted by Crippen LogP contribution is 2.40. The molecule has 0 aliphatic heterocycles. The Bertz CT molecular complexity index is 1050. The first kappa shape index (κ1) is 30.7. The van der Waals surface area contributed by atoms with Crippen molar-refractivity contribution in [2.45, 2.75) is 98.0 Å². The molecule has 2 nitrogen and oxygen atoms in total. The molecule has 1 N–H and O–H groups in total. The van der Waals surface area contributed by atoms with Gasteiger partial charge in [0.1, 0.15) is 11.8 Å². The quantitative estimate of drug-likeness (QED) is 0.254. The molecule has 2 aromatic rings. The number of aliphatic imine (C=N–C) groups is 1. The summed E-state index contributed by atoms with van der Waals surface area (Å²) < 4.78 is 86.6. The lowest BCUT2D eigenvalue weighted by Gasteiger charge is -2.32. The van der Waals surface area contributed by atoms with Gasteiger partial charge in [0.2, 0.25) is 0 Å². The molecule has 0 saturated carbocycles. The molecule has 0 fully saturated rings. The van der Waals surface area contributed by atoms with Crippen LogP contribution >= 0.6 is 0 Å². The Morgan fingerprint density at radius 1 is 0.757 bits per heavy atom. The standard InChI is InChI=1S/C29H38F6N2/c1-9-20-12-10-13-21(16(2)3)24(20)36-26(28(30,31)32)19(8)27(29(33,34)35)37-25-22(17(4)5)14-11-15-23(25)18(6)7/h10-19,26,36H,9H2,1-8H3. The van der Waals surface area contributed by atoms with Crippen molar-refractivity contribution in [1.82, 2.24) is 0 Å². The third-order valence-electron chi connectivity index (χ3n) is 6.63. The van der Waals surface area contributed by atoms with Crippen molar-refractivity contribution in [3.8, 4) is 0 Å². The van der Waals surface area contributed by atoms with Crippen molar-refractivity contribution in [2.75, 3.05) is 5.32 Å². The van der Waals surface area contributed by atoms with Crippen LogP contribution in [0.15, 0.2) is 41.4 Å². The van der Waals surface area contributed by atoms with Gasteiger partial charge in [-0.15, -0.1) is 0 Å². The fourth-order valence-corrected chi connectivity index (χ4v) is 4.56. The van der Waals surface area contributed by atoms with Gasteiger partial charge in [-0.25, -0.2) is 4.99 Å². The van der Waals surface area contributed by atoms with E-state index in [4.69, 9.17) is 0 Å². The van der Waals surface area contributed by atoms with E-state index in [0.717, 1.165) is 6.92 Å². The van der Waals surface area contributed by atoms with Crippen molar-refractivity contribution in [3.05, 3.63) is 58.7 Å². The molecule has 37 heavy (non-hydrogen) atoms. The van der Waals surface area contributed by atoms with E-state index in [9.17, 15) is 26.3 Å². The Labute approximate surface area is 216 Å².